The number of aryl methyl sites for hydroxylation is 2. The van der Waals surface area contributed by atoms with Crippen molar-refractivity contribution in [3.8, 4) is 11.4 Å². The highest BCUT2D eigenvalue weighted by atomic mass is 32.2. The number of nitrogens with zero attached hydrogens (tertiary/aromatic N) is 6. The van der Waals surface area contributed by atoms with Gasteiger partial charge in [0.05, 0.1) is 28.8 Å². The van der Waals surface area contributed by atoms with Crippen molar-refractivity contribution in [1.29, 1.82) is 0 Å². The molecule has 0 aliphatic carbocycles. The number of hydrogen-bond donors (Lipinski definition) is 0. The first kappa shape index (κ1) is 25.2. The Labute approximate surface area is 217 Å². The third-order valence-corrected chi connectivity index (χ3v) is 8.63. The number of rotatable bonds is 8. The Morgan fingerprint density at radius 1 is 0.946 bits per heavy atom. The molecule has 0 N–H and O–H groups in total. The van der Waals surface area contributed by atoms with E-state index in [4.69, 9.17) is 19.8 Å². The summed E-state index contributed by atoms with van der Waals surface area (Å²) in [7, 11) is -2.03. The van der Waals surface area contributed by atoms with Crippen LogP contribution in [-0.4, -0.2) is 65.8 Å². The molecule has 1 saturated heterocycles. The summed E-state index contributed by atoms with van der Waals surface area (Å²) in [6.45, 7) is 5.94. The van der Waals surface area contributed by atoms with E-state index >= 15 is 0 Å². The summed E-state index contributed by atoms with van der Waals surface area (Å²) < 4.78 is 35.1. The van der Waals surface area contributed by atoms with Crippen LogP contribution in [0, 0.1) is 6.92 Å². The van der Waals surface area contributed by atoms with Gasteiger partial charge in [-0.3, -0.25) is 0 Å². The van der Waals surface area contributed by atoms with Gasteiger partial charge < -0.3 is 9.64 Å². The topological polar surface area (TPSA) is 93.5 Å². The van der Waals surface area contributed by atoms with Gasteiger partial charge in [0.25, 0.3) is 0 Å². The molecule has 0 saturated carbocycles. The van der Waals surface area contributed by atoms with Gasteiger partial charge >= 0.3 is 0 Å². The summed E-state index contributed by atoms with van der Waals surface area (Å²) in [5, 5.41) is 5.73. The molecular weight excluding hydrogens is 488 g/mol. The molecule has 1 fully saturated rings. The van der Waals surface area contributed by atoms with E-state index in [1.54, 1.807) is 35.7 Å². The molecule has 5 rings (SSSR count). The minimum Gasteiger partial charge on any atom is -0.497 e. The molecule has 3 heterocycles. The summed E-state index contributed by atoms with van der Waals surface area (Å²) >= 11 is 0. The largest absolute Gasteiger partial charge is 0.497 e. The minimum atomic E-state index is -3.59. The third kappa shape index (κ3) is 4.91. The molecule has 0 atom stereocenters. The first-order chi connectivity index (χ1) is 17.9. The lowest BCUT2D eigenvalue weighted by Gasteiger charge is -2.35. The molecule has 37 heavy (non-hydrogen) atoms. The first-order valence-electron chi connectivity index (χ1n) is 12.6. The van der Waals surface area contributed by atoms with Gasteiger partial charge in [-0.25, -0.2) is 23.1 Å². The Morgan fingerprint density at radius 2 is 1.65 bits per heavy atom. The van der Waals surface area contributed by atoms with E-state index < -0.39 is 10.0 Å². The molecule has 0 spiro atoms. The van der Waals surface area contributed by atoms with E-state index in [1.807, 2.05) is 41.9 Å². The molecule has 0 radical (unpaired) electrons. The Morgan fingerprint density at radius 3 is 2.30 bits per heavy atom. The van der Waals surface area contributed by atoms with E-state index in [2.05, 4.69) is 11.8 Å². The zero-order valence-corrected chi connectivity index (χ0v) is 22.3. The molecule has 2 aromatic heterocycles. The fourth-order valence-corrected chi connectivity index (χ4v) is 6.09. The molecule has 9 nitrogen and oxygen atoms in total. The third-order valence-electron chi connectivity index (χ3n) is 6.72. The first-order valence-corrected chi connectivity index (χ1v) is 14.1. The summed E-state index contributed by atoms with van der Waals surface area (Å²) in [5.74, 6) is 2.24. The van der Waals surface area contributed by atoms with Crippen LogP contribution >= 0.6 is 0 Å². The van der Waals surface area contributed by atoms with Crippen molar-refractivity contribution in [2.45, 2.75) is 38.0 Å². The lowest BCUT2D eigenvalue weighted by molar-refractivity contribution is 0.383. The molecule has 4 aromatic rings. The van der Waals surface area contributed by atoms with E-state index in [9.17, 15) is 8.42 Å². The fourth-order valence-electron chi connectivity index (χ4n) is 4.67. The second kappa shape index (κ2) is 10.5. The van der Waals surface area contributed by atoms with Crippen molar-refractivity contribution in [2.75, 3.05) is 38.2 Å². The highest BCUT2D eigenvalue weighted by Crippen LogP contribution is 2.31. The van der Waals surface area contributed by atoms with Crippen LogP contribution in [0.4, 0.5) is 5.82 Å². The molecule has 2 aromatic carbocycles. The van der Waals surface area contributed by atoms with Crippen LogP contribution in [0.3, 0.4) is 0 Å². The summed E-state index contributed by atoms with van der Waals surface area (Å²) in [5.41, 5.74) is 2.58. The van der Waals surface area contributed by atoms with Crippen LogP contribution in [0.1, 0.15) is 31.3 Å². The van der Waals surface area contributed by atoms with E-state index in [0.29, 0.717) is 31.9 Å². The SMILES string of the molecule is CCCCc1nc(N2CCN(S(=O)(=O)c3ccc(OC)cc3)CC2)c2c(C)nn(-c3ccccc3)c2n1. The van der Waals surface area contributed by atoms with Gasteiger partial charge in [-0.05, 0) is 49.7 Å². The predicted molar refractivity (Wildman–Crippen MR) is 144 cm³/mol. The Bertz CT molecular complexity index is 1480. The lowest BCUT2D eigenvalue weighted by atomic mass is 10.2. The zero-order valence-electron chi connectivity index (χ0n) is 21.5. The standard InChI is InChI=1S/C27H32N6O3S/c1-4-5-11-24-28-26(25-20(2)30-33(27(25)29-24)21-9-7-6-8-10-21)31-16-18-32(19-17-31)37(34,35)23-14-12-22(36-3)13-15-23/h6-10,12-15H,4-5,11,16-19H2,1-3H3. The fraction of sp³-hybridized carbons (Fsp3) is 0.370. The Kier molecular flexibility index (Phi) is 7.12. The maximum Gasteiger partial charge on any atom is 0.243 e. The maximum atomic E-state index is 13.3. The average molecular weight is 521 g/mol. The zero-order chi connectivity index (χ0) is 26.0. The molecule has 0 unspecified atom stereocenters. The summed E-state index contributed by atoms with van der Waals surface area (Å²) in [6.07, 6.45) is 2.83. The smallest absolute Gasteiger partial charge is 0.243 e. The van der Waals surface area contributed by atoms with Crippen molar-refractivity contribution >= 4 is 26.9 Å². The number of sulfonamides is 1. The molecule has 0 amide bonds. The van der Waals surface area contributed by atoms with Crippen molar-refractivity contribution in [3.63, 3.8) is 0 Å². The van der Waals surface area contributed by atoms with Crippen LogP contribution in [0.15, 0.2) is 59.5 Å². The minimum absolute atomic E-state index is 0.271. The normalized spacial score (nSPS) is 14.8. The van der Waals surface area contributed by atoms with Crippen molar-refractivity contribution in [1.82, 2.24) is 24.1 Å². The Hall–Kier alpha value is -3.50. The van der Waals surface area contributed by atoms with E-state index in [0.717, 1.165) is 53.3 Å². The maximum absolute atomic E-state index is 13.3. The van der Waals surface area contributed by atoms with Crippen molar-refractivity contribution in [2.24, 2.45) is 0 Å². The molecule has 0 bridgehead atoms. The molecule has 194 valence electrons. The monoisotopic (exact) mass is 520 g/mol. The second-order valence-corrected chi connectivity index (χ2v) is 11.1. The van der Waals surface area contributed by atoms with Crippen molar-refractivity contribution < 1.29 is 13.2 Å². The van der Waals surface area contributed by atoms with Gasteiger partial charge in [-0.2, -0.15) is 9.40 Å². The van der Waals surface area contributed by atoms with Gasteiger partial charge in [-0.1, -0.05) is 31.5 Å². The van der Waals surface area contributed by atoms with Crippen LogP contribution in [0.5, 0.6) is 5.75 Å². The number of fused-ring (bicyclic) bond motifs is 1. The van der Waals surface area contributed by atoms with Gasteiger partial charge in [0.1, 0.15) is 17.4 Å². The molecule has 10 heteroatoms. The molecule has 1 aliphatic rings. The number of methoxy groups -OCH3 is 1. The van der Waals surface area contributed by atoms with Crippen LogP contribution in [0.2, 0.25) is 0 Å². The number of hydrogen-bond acceptors (Lipinski definition) is 7. The van der Waals surface area contributed by atoms with Crippen LogP contribution < -0.4 is 9.64 Å². The lowest BCUT2D eigenvalue weighted by Crippen LogP contribution is -2.49. The predicted octanol–water partition coefficient (Wildman–Crippen LogP) is 3.99. The van der Waals surface area contributed by atoms with E-state index in [1.165, 1.54) is 0 Å². The second-order valence-electron chi connectivity index (χ2n) is 9.17. The molecule has 1 aliphatic heterocycles. The van der Waals surface area contributed by atoms with Gasteiger partial charge in [0, 0.05) is 32.6 Å². The van der Waals surface area contributed by atoms with E-state index in [-0.39, 0.29) is 4.90 Å². The Balaban J connectivity index is 1.46. The highest BCUT2D eigenvalue weighted by Gasteiger charge is 2.31. The number of aromatic nitrogens is 4. The number of anilines is 1. The quantitative estimate of drug-likeness (QED) is 0.347. The van der Waals surface area contributed by atoms with Crippen LogP contribution in [-0.2, 0) is 16.4 Å². The summed E-state index contributed by atoms with van der Waals surface area (Å²) in [4.78, 5) is 12.3. The average Bonchev–Trinajstić information content (AvgIpc) is 3.28. The van der Waals surface area contributed by atoms with Gasteiger partial charge in [0.15, 0.2) is 5.65 Å². The number of piperazine rings is 1. The van der Waals surface area contributed by atoms with Gasteiger partial charge in [0.2, 0.25) is 10.0 Å². The number of ether oxygens (including phenoxy) is 1. The van der Waals surface area contributed by atoms with Crippen molar-refractivity contribution in [3.05, 3.63) is 66.1 Å². The molecular formula is C27H32N6O3S. The number of para-hydroxylation sites is 1. The highest BCUT2D eigenvalue weighted by molar-refractivity contribution is 7.89. The van der Waals surface area contributed by atoms with Gasteiger partial charge in [-0.15, -0.1) is 0 Å². The number of benzene rings is 2. The van der Waals surface area contributed by atoms with Crippen LogP contribution in [0.25, 0.3) is 16.7 Å². The number of unbranched alkanes of at least 4 members (excludes halogenated alkanes) is 1. The summed E-state index contributed by atoms with van der Waals surface area (Å²) in [6, 6.07) is 16.5.